The Hall–Kier alpha value is -1.76. The van der Waals surface area contributed by atoms with Gasteiger partial charge in [0.2, 0.25) is 0 Å². The molecule has 0 fully saturated rings. The second kappa shape index (κ2) is 12.9. The van der Waals surface area contributed by atoms with Crippen molar-refractivity contribution in [1.29, 1.82) is 0 Å². The number of ketones is 1. The Bertz CT molecular complexity index is 391. The number of carboxylic acids is 1. The maximum atomic E-state index is 11.3. The smallest absolute Gasteiger partial charge is 0.383 e. The van der Waals surface area contributed by atoms with Gasteiger partial charge < -0.3 is 14.9 Å². The topological polar surface area (TPSA) is 113 Å². The summed E-state index contributed by atoms with van der Waals surface area (Å²) < 4.78 is 4.74. The van der Waals surface area contributed by atoms with Crippen LogP contribution < -0.4 is 0 Å². The minimum Gasteiger partial charge on any atom is -0.481 e. The van der Waals surface area contributed by atoms with E-state index in [1.54, 1.807) is 0 Å². The fourth-order valence-corrected chi connectivity index (χ4v) is 1.70. The molecule has 0 aliphatic rings. The first-order valence-corrected chi connectivity index (χ1v) is 7.62. The van der Waals surface area contributed by atoms with Crippen molar-refractivity contribution in [3.63, 3.8) is 0 Å². The van der Waals surface area contributed by atoms with E-state index in [0.717, 1.165) is 19.3 Å². The van der Waals surface area contributed by atoms with Gasteiger partial charge in [-0.3, -0.25) is 14.6 Å². The molecular weight excluding hydrogens is 290 g/mol. The van der Waals surface area contributed by atoms with E-state index in [1.807, 2.05) is 0 Å². The zero-order valence-corrected chi connectivity index (χ0v) is 13.0. The van der Waals surface area contributed by atoms with Crippen LogP contribution in [0.1, 0.15) is 58.3 Å². The van der Waals surface area contributed by atoms with Crippen LogP contribution in [0.2, 0.25) is 0 Å². The zero-order valence-electron chi connectivity index (χ0n) is 13.0. The van der Waals surface area contributed by atoms with Gasteiger partial charge in [-0.15, -0.1) is 0 Å². The summed E-state index contributed by atoms with van der Waals surface area (Å²) in [5.41, 5.74) is 0. The van der Waals surface area contributed by atoms with Crippen LogP contribution in [0.3, 0.4) is 0 Å². The Kier molecular flexibility index (Phi) is 11.9. The molecule has 0 saturated heterocycles. The first-order chi connectivity index (χ1) is 10.5. The van der Waals surface area contributed by atoms with Crippen molar-refractivity contribution in [3.05, 3.63) is 0 Å². The van der Waals surface area contributed by atoms with E-state index in [-0.39, 0.29) is 18.7 Å². The molecule has 2 N–H and O–H groups in total. The molecule has 0 aromatic rings. The summed E-state index contributed by atoms with van der Waals surface area (Å²) >= 11 is 0. The van der Waals surface area contributed by atoms with Gasteiger partial charge in [0.1, 0.15) is 6.61 Å². The molecule has 0 rings (SSSR count). The van der Waals surface area contributed by atoms with Crippen molar-refractivity contribution in [2.75, 3.05) is 13.2 Å². The average molecular weight is 315 g/mol. The highest BCUT2D eigenvalue weighted by molar-refractivity contribution is 6.35. The lowest BCUT2D eigenvalue weighted by molar-refractivity contribution is -0.149. The van der Waals surface area contributed by atoms with Crippen LogP contribution in [0.25, 0.3) is 0 Å². The lowest BCUT2D eigenvalue weighted by Crippen LogP contribution is -2.24. The Labute approximate surface area is 130 Å². The summed E-state index contributed by atoms with van der Waals surface area (Å²) in [4.78, 5) is 36.8. The number of aliphatic carboxylic acids is 1. The molecular formula is C15H25NO6. The SMILES string of the molecule is CCCCCCCCN=C(CCC(=O)O)OC(=O)C(=O)CO. The quantitative estimate of drug-likeness (QED) is 0.186. The standard InChI is InChI=1S/C15H25NO6/c1-2-3-4-5-6-7-10-16-13(8-9-14(19)20)22-15(21)12(18)11-17/h17H,2-11H2,1H3,(H,19,20). The van der Waals surface area contributed by atoms with Gasteiger partial charge in [0.25, 0.3) is 5.78 Å². The van der Waals surface area contributed by atoms with Crippen LogP contribution in [-0.2, 0) is 19.1 Å². The van der Waals surface area contributed by atoms with Crippen LogP contribution in [-0.4, -0.2) is 47.0 Å². The highest BCUT2D eigenvalue weighted by atomic mass is 16.5. The maximum Gasteiger partial charge on any atom is 0.383 e. The highest BCUT2D eigenvalue weighted by Crippen LogP contribution is 2.06. The molecule has 22 heavy (non-hydrogen) atoms. The number of unbranched alkanes of at least 4 members (excludes halogenated alkanes) is 5. The summed E-state index contributed by atoms with van der Waals surface area (Å²) in [6.07, 6.45) is 6.17. The highest BCUT2D eigenvalue weighted by Gasteiger charge is 2.17. The molecule has 0 aliphatic carbocycles. The fourth-order valence-electron chi connectivity index (χ4n) is 1.70. The molecule has 7 nitrogen and oxygen atoms in total. The van der Waals surface area contributed by atoms with Gasteiger partial charge in [0.15, 0.2) is 5.90 Å². The summed E-state index contributed by atoms with van der Waals surface area (Å²) in [7, 11) is 0. The summed E-state index contributed by atoms with van der Waals surface area (Å²) in [5, 5.41) is 17.2. The molecule has 0 amide bonds. The molecule has 0 saturated carbocycles. The molecule has 0 spiro atoms. The van der Waals surface area contributed by atoms with Crippen LogP contribution in [0.4, 0.5) is 0 Å². The number of carbonyl (C=O) groups excluding carboxylic acids is 2. The summed E-state index contributed by atoms with van der Waals surface area (Å²) in [6.45, 7) is 1.62. The molecule has 0 bridgehead atoms. The average Bonchev–Trinajstić information content (AvgIpc) is 2.50. The van der Waals surface area contributed by atoms with E-state index in [0.29, 0.717) is 6.54 Å². The molecule has 0 heterocycles. The Morgan fingerprint density at radius 2 is 1.64 bits per heavy atom. The van der Waals surface area contributed by atoms with Gasteiger partial charge in [-0.05, 0) is 6.42 Å². The van der Waals surface area contributed by atoms with Crippen molar-refractivity contribution in [1.82, 2.24) is 0 Å². The third-order valence-corrected chi connectivity index (χ3v) is 2.93. The number of ether oxygens (including phenoxy) is 1. The van der Waals surface area contributed by atoms with E-state index in [9.17, 15) is 14.4 Å². The largest absolute Gasteiger partial charge is 0.481 e. The van der Waals surface area contributed by atoms with Crippen LogP contribution in [0.15, 0.2) is 4.99 Å². The number of carbonyl (C=O) groups is 3. The molecule has 0 aromatic heterocycles. The normalized spacial score (nSPS) is 11.3. The Morgan fingerprint density at radius 3 is 2.23 bits per heavy atom. The molecule has 0 unspecified atom stereocenters. The number of rotatable bonds is 12. The van der Waals surface area contributed by atoms with E-state index in [4.69, 9.17) is 14.9 Å². The predicted octanol–water partition coefficient (Wildman–Crippen LogP) is 1.71. The lowest BCUT2D eigenvalue weighted by atomic mass is 10.1. The first-order valence-electron chi connectivity index (χ1n) is 7.62. The van der Waals surface area contributed by atoms with E-state index >= 15 is 0 Å². The molecule has 0 aliphatic heterocycles. The van der Waals surface area contributed by atoms with Crippen molar-refractivity contribution in [3.8, 4) is 0 Å². The molecule has 0 radical (unpaired) electrons. The summed E-state index contributed by atoms with van der Waals surface area (Å²) in [6, 6.07) is 0. The molecule has 0 aromatic carbocycles. The lowest BCUT2D eigenvalue weighted by Gasteiger charge is -2.06. The van der Waals surface area contributed by atoms with Gasteiger partial charge in [-0.25, -0.2) is 4.79 Å². The maximum absolute atomic E-state index is 11.3. The third kappa shape index (κ3) is 11.0. The Balaban J connectivity index is 4.26. The number of aliphatic imine (C=N–C) groups is 1. The van der Waals surface area contributed by atoms with Gasteiger partial charge in [-0.1, -0.05) is 39.0 Å². The molecule has 126 valence electrons. The summed E-state index contributed by atoms with van der Waals surface area (Å²) in [5.74, 6) is -3.41. The second-order valence-corrected chi connectivity index (χ2v) is 4.91. The minimum absolute atomic E-state index is 0.0599. The van der Waals surface area contributed by atoms with Crippen LogP contribution in [0, 0.1) is 0 Å². The van der Waals surface area contributed by atoms with Crippen molar-refractivity contribution in [2.45, 2.75) is 58.3 Å². The van der Waals surface area contributed by atoms with E-state index < -0.39 is 24.3 Å². The van der Waals surface area contributed by atoms with Gasteiger partial charge in [-0.2, -0.15) is 0 Å². The zero-order chi connectivity index (χ0) is 16.8. The molecule has 7 heteroatoms. The third-order valence-electron chi connectivity index (χ3n) is 2.93. The molecule has 0 atom stereocenters. The second-order valence-electron chi connectivity index (χ2n) is 4.91. The first kappa shape index (κ1) is 20.2. The minimum atomic E-state index is -1.21. The number of nitrogens with zero attached hydrogens (tertiary/aromatic N) is 1. The van der Waals surface area contributed by atoms with Crippen LogP contribution in [0.5, 0.6) is 0 Å². The number of esters is 1. The monoisotopic (exact) mass is 315 g/mol. The van der Waals surface area contributed by atoms with Gasteiger partial charge in [0, 0.05) is 13.0 Å². The van der Waals surface area contributed by atoms with E-state index in [2.05, 4.69) is 11.9 Å². The number of aliphatic hydroxyl groups is 1. The number of Topliss-reactive ketones (excluding diaryl/α,β-unsaturated/α-hetero) is 1. The Morgan fingerprint density at radius 1 is 1.00 bits per heavy atom. The van der Waals surface area contributed by atoms with Gasteiger partial charge >= 0.3 is 11.9 Å². The number of carboxylic acid groups (broad SMARTS) is 1. The number of aliphatic hydroxyl groups excluding tert-OH is 1. The van der Waals surface area contributed by atoms with Gasteiger partial charge in [0.05, 0.1) is 6.42 Å². The number of hydrogen-bond acceptors (Lipinski definition) is 6. The predicted molar refractivity (Wildman–Crippen MR) is 80.7 cm³/mol. The fraction of sp³-hybridized carbons (Fsp3) is 0.733. The van der Waals surface area contributed by atoms with E-state index in [1.165, 1.54) is 19.3 Å². The van der Waals surface area contributed by atoms with Crippen LogP contribution >= 0.6 is 0 Å². The van der Waals surface area contributed by atoms with Crippen molar-refractivity contribution < 1.29 is 29.3 Å². The van der Waals surface area contributed by atoms with Crippen molar-refractivity contribution >= 4 is 23.6 Å². The number of hydrogen-bond donors (Lipinski definition) is 2. The van der Waals surface area contributed by atoms with Crippen molar-refractivity contribution in [2.24, 2.45) is 4.99 Å².